The number of halogens is 2. The molecule has 0 nitrogen and oxygen atoms in total. The van der Waals surface area contributed by atoms with Crippen molar-refractivity contribution in [3.63, 3.8) is 0 Å². The summed E-state index contributed by atoms with van der Waals surface area (Å²) < 4.78 is 12.6. The summed E-state index contributed by atoms with van der Waals surface area (Å²) in [6.45, 7) is 2.11. The Kier molecular flexibility index (Phi) is 2.68. The molecule has 3 heteroatoms. The van der Waals surface area contributed by atoms with Crippen molar-refractivity contribution in [3.05, 3.63) is 34.6 Å². The fourth-order valence-electron chi connectivity index (χ4n) is 0.871. The second kappa shape index (κ2) is 3.37. The van der Waals surface area contributed by atoms with Crippen LogP contribution in [-0.2, 0) is 0 Å². The van der Waals surface area contributed by atoms with Crippen molar-refractivity contribution in [2.45, 2.75) is 12.5 Å². The Morgan fingerprint density at radius 3 is 2.64 bits per heavy atom. The van der Waals surface area contributed by atoms with Gasteiger partial charge >= 0.3 is 0 Å². The van der Waals surface area contributed by atoms with Crippen molar-refractivity contribution in [3.8, 4) is 0 Å². The summed E-state index contributed by atoms with van der Waals surface area (Å²) in [7, 11) is 1.07. The van der Waals surface area contributed by atoms with Gasteiger partial charge in [-0.3, -0.25) is 0 Å². The second-order valence-corrected chi connectivity index (χ2v) is 4.97. The molecule has 1 atom stereocenters. The van der Waals surface area contributed by atoms with Gasteiger partial charge in [0.25, 0.3) is 0 Å². The first-order valence-electron chi connectivity index (χ1n) is 3.56. The Morgan fingerprint density at radius 1 is 1.55 bits per heavy atom. The Bertz CT molecular complexity index is 260. The predicted molar refractivity (Wildman–Crippen MR) is 49.8 cm³/mol. The van der Waals surface area contributed by atoms with Gasteiger partial charge in [0.15, 0.2) is 0 Å². The van der Waals surface area contributed by atoms with Gasteiger partial charge in [-0.05, 0) is 23.2 Å². The number of rotatable bonds is 1. The molecule has 0 saturated heterocycles. The van der Waals surface area contributed by atoms with Crippen LogP contribution < -0.4 is 0 Å². The number of hydrogen-bond donors (Lipinski definition) is 0. The molecule has 0 heterocycles. The smallest absolute Gasteiger partial charge is 0.141 e. The van der Waals surface area contributed by atoms with E-state index in [0.29, 0.717) is 5.54 Å². The molecule has 0 aliphatic carbocycles. The van der Waals surface area contributed by atoms with Crippen molar-refractivity contribution in [2.24, 2.45) is 0 Å². The van der Waals surface area contributed by atoms with Gasteiger partial charge in [-0.15, -0.1) is 0 Å². The molecule has 0 radical (unpaired) electrons. The number of benzene rings is 1. The minimum absolute atomic E-state index is 0.227. The highest BCUT2D eigenvalue weighted by molar-refractivity contribution is 6.30. The average Bonchev–Trinajstić information content (AvgIpc) is 1.94. The fraction of sp³-hybridized carbons (Fsp3) is 0.250. The molecule has 0 N–H and O–H groups in total. The van der Waals surface area contributed by atoms with E-state index < -0.39 is 0 Å². The molecule has 1 aromatic carbocycles. The molecule has 0 aromatic heterocycles. The van der Waals surface area contributed by atoms with Gasteiger partial charge in [0.2, 0.25) is 0 Å². The molecule has 0 amide bonds. The normalized spacial score (nSPS) is 13.4. The molecular formula is C8H10ClFSi. The van der Waals surface area contributed by atoms with E-state index in [-0.39, 0.29) is 10.8 Å². The van der Waals surface area contributed by atoms with E-state index in [9.17, 15) is 4.39 Å². The van der Waals surface area contributed by atoms with E-state index >= 15 is 0 Å². The zero-order valence-electron chi connectivity index (χ0n) is 6.57. The SMILES string of the molecule is CC([SiH3])c1ccc(F)c(Cl)c1. The second-order valence-electron chi connectivity index (χ2n) is 2.83. The van der Waals surface area contributed by atoms with Crippen LogP contribution in [0.15, 0.2) is 18.2 Å². The Labute approximate surface area is 73.8 Å². The topological polar surface area (TPSA) is 0 Å². The monoisotopic (exact) mass is 188 g/mol. The molecule has 0 spiro atoms. The van der Waals surface area contributed by atoms with Crippen molar-refractivity contribution < 1.29 is 4.39 Å². The molecule has 60 valence electrons. The molecule has 0 bridgehead atoms. The summed E-state index contributed by atoms with van der Waals surface area (Å²) in [5.41, 5.74) is 1.66. The third kappa shape index (κ3) is 2.04. The summed E-state index contributed by atoms with van der Waals surface area (Å²) >= 11 is 5.60. The lowest BCUT2D eigenvalue weighted by atomic mass is 10.2. The molecule has 0 aliphatic heterocycles. The third-order valence-corrected chi connectivity index (χ3v) is 2.57. The summed E-state index contributed by atoms with van der Waals surface area (Å²) in [6.07, 6.45) is 0. The number of hydrogen-bond acceptors (Lipinski definition) is 0. The van der Waals surface area contributed by atoms with E-state index in [2.05, 4.69) is 6.92 Å². The van der Waals surface area contributed by atoms with Gasteiger partial charge in [0.1, 0.15) is 5.82 Å². The summed E-state index contributed by atoms with van der Waals surface area (Å²) in [4.78, 5) is 0. The Morgan fingerprint density at radius 2 is 2.18 bits per heavy atom. The van der Waals surface area contributed by atoms with Gasteiger partial charge in [-0.2, -0.15) is 0 Å². The minimum Gasteiger partial charge on any atom is -0.205 e. The quantitative estimate of drug-likeness (QED) is 0.591. The maximum absolute atomic E-state index is 12.6. The first-order valence-corrected chi connectivity index (χ1v) is 5.09. The lowest BCUT2D eigenvalue weighted by molar-refractivity contribution is 0.627. The highest BCUT2D eigenvalue weighted by Crippen LogP contribution is 2.19. The summed E-state index contributed by atoms with van der Waals surface area (Å²) in [5.74, 6) is -0.335. The zero-order chi connectivity index (χ0) is 8.43. The maximum Gasteiger partial charge on any atom is 0.141 e. The van der Waals surface area contributed by atoms with E-state index in [4.69, 9.17) is 11.6 Å². The lowest BCUT2D eigenvalue weighted by Gasteiger charge is -2.04. The first kappa shape index (κ1) is 8.75. The third-order valence-electron chi connectivity index (χ3n) is 1.61. The molecule has 0 aliphatic rings. The van der Waals surface area contributed by atoms with Crippen molar-refractivity contribution in [2.75, 3.05) is 0 Å². The highest BCUT2D eigenvalue weighted by atomic mass is 35.5. The van der Waals surface area contributed by atoms with Crippen LogP contribution in [0.5, 0.6) is 0 Å². The molecule has 1 unspecified atom stereocenters. The van der Waals surface area contributed by atoms with Crippen LogP contribution in [0.3, 0.4) is 0 Å². The molecular weight excluding hydrogens is 179 g/mol. The highest BCUT2D eigenvalue weighted by Gasteiger charge is 2.02. The lowest BCUT2D eigenvalue weighted by Crippen LogP contribution is -1.92. The molecule has 1 aromatic rings. The fourth-order valence-corrected chi connectivity index (χ4v) is 1.42. The van der Waals surface area contributed by atoms with Crippen LogP contribution in [0.25, 0.3) is 0 Å². The molecule has 0 saturated carbocycles. The Balaban J connectivity index is 3.05. The van der Waals surface area contributed by atoms with Crippen LogP contribution in [0.4, 0.5) is 4.39 Å². The average molecular weight is 189 g/mol. The van der Waals surface area contributed by atoms with Gasteiger partial charge in [0, 0.05) is 10.2 Å². The van der Waals surface area contributed by atoms with Crippen molar-refractivity contribution in [1.82, 2.24) is 0 Å². The predicted octanol–water partition coefficient (Wildman–Crippen LogP) is 1.91. The zero-order valence-corrected chi connectivity index (χ0v) is 9.32. The van der Waals surface area contributed by atoms with E-state index in [1.807, 2.05) is 0 Å². The van der Waals surface area contributed by atoms with E-state index in [0.717, 1.165) is 15.8 Å². The first-order chi connectivity index (χ1) is 5.11. The van der Waals surface area contributed by atoms with Crippen molar-refractivity contribution >= 4 is 21.8 Å². The van der Waals surface area contributed by atoms with Gasteiger partial charge in [-0.1, -0.05) is 24.6 Å². The van der Waals surface area contributed by atoms with Crippen molar-refractivity contribution in [1.29, 1.82) is 0 Å². The summed E-state index contributed by atoms with van der Waals surface area (Å²) in [5, 5.41) is 0.227. The summed E-state index contributed by atoms with van der Waals surface area (Å²) in [6, 6.07) is 4.92. The van der Waals surface area contributed by atoms with Crippen LogP contribution in [0.1, 0.15) is 18.0 Å². The standard InChI is InChI=1S/C8H10ClFSi/c1-5(11)6-2-3-8(10)7(9)4-6/h2-5H,1,11H3. The van der Waals surface area contributed by atoms with Crippen LogP contribution in [-0.4, -0.2) is 10.2 Å². The van der Waals surface area contributed by atoms with Crippen LogP contribution in [0.2, 0.25) is 5.02 Å². The molecule has 0 fully saturated rings. The molecule has 11 heavy (non-hydrogen) atoms. The minimum atomic E-state index is -0.335. The maximum atomic E-state index is 12.6. The van der Waals surface area contributed by atoms with Gasteiger partial charge in [-0.25, -0.2) is 4.39 Å². The van der Waals surface area contributed by atoms with E-state index in [1.54, 1.807) is 12.1 Å². The van der Waals surface area contributed by atoms with Gasteiger partial charge in [0.05, 0.1) is 5.02 Å². The van der Waals surface area contributed by atoms with E-state index in [1.165, 1.54) is 6.07 Å². The van der Waals surface area contributed by atoms with Crippen LogP contribution in [0, 0.1) is 5.82 Å². The largest absolute Gasteiger partial charge is 0.205 e. The van der Waals surface area contributed by atoms with Crippen LogP contribution >= 0.6 is 11.6 Å². The Hall–Kier alpha value is -0.343. The molecule has 1 rings (SSSR count). The van der Waals surface area contributed by atoms with Gasteiger partial charge < -0.3 is 0 Å².